The Bertz CT molecular complexity index is 671. The Morgan fingerprint density at radius 2 is 2.10 bits per heavy atom. The zero-order chi connectivity index (χ0) is 14.1. The monoisotopic (exact) mass is 270 g/mol. The Balaban J connectivity index is 1.74. The van der Waals surface area contributed by atoms with Gasteiger partial charge >= 0.3 is 0 Å². The van der Waals surface area contributed by atoms with E-state index >= 15 is 0 Å². The van der Waals surface area contributed by atoms with E-state index in [1.54, 1.807) is 30.3 Å². The lowest BCUT2D eigenvalue weighted by molar-refractivity contribution is 0.100. The van der Waals surface area contributed by atoms with Crippen LogP contribution in [0.15, 0.2) is 34.9 Å². The van der Waals surface area contributed by atoms with Gasteiger partial charge in [0, 0.05) is 23.2 Å². The van der Waals surface area contributed by atoms with Gasteiger partial charge < -0.3 is 9.84 Å². The van der Waals surface area contributed by atoms with Crippen molar-refractivity contribution in [1.29, 1.82) is 0 Å². The average molecular weight is 270 g/mol. The highest BCUT2D eigenvalue weighted by molar-refractivity contribution is 6.03. The molecule has 1 amide bonds. The molecule has 1 aliphatic rings. The molecule has 0 saturated heterocycles. The Hall–Kier alpha value is -2.43. The van der Waals surface area contributed by atoms with E-state index in [1.165, 1.54) is 6.92 Å². The minimum atomic E-state index is -0.332. The van der Waals surface area contributed by atoms with E-state index in [0.29, 0.717) is 17.2 Å². The summed E-state index contributed by atoms with van der Waals surface area (Å²) in [5.41, 5.74) is 1.39. The third-order valence-corrected chi connectivity index (χ3v) is 3.27. The summed E-state index contributed by atoms with van der Waals surface area (Å²) in [6.45, 7) is 1.49. The molecule has 1 saturated carbocycles. The number of nitrogens with one attached hydrogen (secondary N) is 1. The van der Waals surface area contributed by atoms with Crippen molar-refractivity contribution in [3.8, 4) is 0 Å². The van der Waals surface area contributed by atoms with Crippen molar-refractivity contribution < 1.29 is 14.1 Å². The molecule has 1 aliphatic carbocycles. The quantitative estimate of drug-likeness (QED) is 0.867. The molecule has 1 heterocycles. The second-order valence-corrected chi connectivity index (χ2v) is 4.98. The molecule has 0 bridgehead atoms. The van der Waals surface area contributed by atoms with Crippen LogP contribution in [0.1, 0.15) is 52.3 Å². The van der Waals surface area contributed by atoms with Crippen LogP contribution in [0.2, 0.25) is 0 Å². The summed E-state index contributed by atoms with van der Waals surface area (Å²) in [5, 5.41) is 6.49. The normalized spacial score (nSPS) is 14.1. The van der Waals surface area contributed by atoms with Crippen molar-refractivity contribution >= 4 is 17.4 Å². The predicted octanol–water partition coefficient (Wildman–Crippen LogP) is 3.01. The first-order valence-corrected chi connectivity index (χ1v) is 6.52. The van der Waals surface area contributed by atoms with E-state index < -0.39 is 0 Å². The molecule has 2 aromatic rings. The molecule has 1 N–H and O–H groups in total. The molecule has 1 aromatic carbocycles. The number of ketones is 1. The standard InChI is InChI=1S/C15H14N2O3/c1-9(18)11-3-2-4-12(7-11)16-15(19)13-8-14(20-17-13)10-5-6-10/h2-4,7-8,10H,5-6H2,1H3,(H,16,19). The van der Waals surface area contributed by atoms with Crippen molar-refractivity contribution in [2.24, 2.45) is 0 Å². The summed E-state index contributed by atoms with van der Waals surface area (Å²) in [6, 6.07) is 8.49. The molecule has 102 valence electrons. The number of hydrogen-bond donors (Lipinski definition) is 1. The molecular weight excluding hydrogens is 256 g/mol. The van der Waals surface area contributed by atoms with E-state index in [0.717, 1.165) is 18.6 Å². The van der Waals surface area contributed by atoms with Gasteiger partial charge in [-0.05, 0) is 31.9 Å². The smallest absolute Gasteiger partial charge is 0.277 e. The average Bonchev–Trinajstić information content (AvgIpc) is 3.16. The number of aromatic nitrogens is 1. The molecule has 3 rings (SSSR count). The van der Waals surface area contributed by atoms with Gasteiger partial charge in [-0.1, -0.05) is 17.3 Å². The summed E-state index contributed by atoms with van der Waals surface area (Å²) in [6.07, 6.45) is 2.19. The largest absolute Gasteiger partial charge is 0.360 e. The summed E-state index contributed by atoms with van der Waals surface area (Å²) in [4.78, 5) is 23.3. The number of hydrogen-bond acceptors (Lipinski definition) is 4. The second kappa shape index (κ2) is 4.92. The van der Waals surface area contributed by atoms with Gasteiger partial charge in [-0.2, -0.15) is 0 Å². The van der Waals surface area contributed by atoms with Crippen molar-refractivity contribution in [1.82, 2.24) is 5.16 Å². The summed E-state index contributed by atoms with van der Waals surface area (Å²) < 4.78 is 5.14. The Labute approximate surface area is 116 Å². The van der Waals surface area contributed by atoms with Crippen LogP contribution in [0.5, 0.6) is 0 Å². The van der Waals surface area contributed by atoms with Gasteiger partial charge in [0.05, 0.1) is 0 Å². The van der Waals surface area contributed by atoms with Crippen LogP contribution < -0.4 is 5.32 Å². The number of anilines is 1. The first-order chi connectivity index (χ1) is 9.63. The molecule has 20 heavy (non-hydrogen) atoms. The SMILES string of the molecule is CC(=O)c1cccc(NC(=O)c2cc(C3CC3)on2)c1. The predicted molar refractivity (Wildman–Crippen MR) is 72.9 cm³/mol. The lowest BCUT2D eigenvalue weighted by Crippen LogP contribution is -2.12. The van der Waals surface area contributed by atoms with Crippen LogP contribution in [-0.4, -0.2) is 16.8 Å². The van der Waals surface area contributed by atoms with Gasteiger partial charge in [-0.25, -0.2) is 0 Å². The van der Waals surface area contributed by atoms with Crippen LogP contribution in [0.25, 0.3) is 0 Å². The summed E-state index contributed by atoms with van der Waals surface area (Å²) >= 11 is 0. The van der Waals surface area contributed by atoms with Gasteiger partial charge in [0.15, 0.2) is 11.5 Å². The van der Waals surface area contributed by atoms with Crippen LogP contribution in [0, 0.1) is 0 Å². The van der Waals surface area contributed by atoms with Crippen LogP contribution in [0.4, 0.5) is 5.69 Å². The molecule has 1 aromatic heterocycles. The number of carbonyl (C=O) groups excluding carboxylic acids is 2. The first-order valence-electron chi connectivity index (χ1n) is 6.52. The highest BCUT2D eigenvalue weighted by Gasteiger charge is 2.28. The molecule has 0 aliphatic heterocycles. The zero-order valence-corrected chi connectivity index (χ0v) is 11.1. The molecule has 5 nitrogen and oxygen atoms in total. The molecule has 5 heteroatoms. The van der Waals surface area contributed by atoms with Crippen molar-refractivity contribution in [3.05, 3.63) is 47.3 Å². The third-order valence-electron chi connectivity index (χ3n) is 3.27. The fraction of sp³-hybridized carbons (Fsp3) is 0.267. The second-order valence-electron chi connectivity index (χ2n) is 4.98. The lowest BCUT2D eigenvalue weighted by Gasteiger charge is -2.04. The number of amides is 1. The van der Waals surface area contributed by atoms with Crippen molar-refractivity contribution in [3.63, 3.8) is 0 Å². The maximum Gasteiger partial charge on any atom is 0.277 e. The minimum Gasteiger partial charge on any atom is -0.360 e. The Morgan fingerprint density at radius 1 is 1.30 bits per heavy atom. The van der Waals surface area contributed by atoms with Gasteiger partial charge in [0.25, 0.3) is 5.91 Å². The van der Waals surface area contributed by atoms with Crippen LogP contribution in [0.3, 0.4) is 0 Å². The van der Waals surface area contributed by atoms with Gasteiger partial charge in [-0.3, -0.25) is 9.59 Å². The Kier molecular flexibility index (Phi) is 3.10. The van der Waals surface area contributed by atoms with E-state index in [9.17, 15) is 9.59 Å². The fourth-order valence-corrected chi connectivity index (χ4v) is 1.97. The molecule has 0 atom stereocenters. The molecule has 1 fully saturated rings. The minimum absolute atomic E-state index is 0.0430. The number of carbonyl (C=O) groups is 2. The highest BCUT2D eigenvalue weighted by atomic mass is 16.5. The summed E-state index contributed by atoms with van der Waals surface area (Å²) in [5.74, 6) is 0.817. The van der Waals surface area contributed by atoms with Crippen LogP contribution >= 0.6 is 0 Å². The molecule has 0 spiro atoms. The molecular formula is C15H14N2O3. The third kappa shape index (κ3) is 2.61. The lowest BCUT2D eigenvalue weighted by atomic mass is 10.1. The van der Waals surface area contributed by atoms with E-state index in [-0.39, 0.29) is 17.4 Å². The van der Waals surface area contributed by atoms with E-state index in [4.69, 9.17) is 4.52 Å². The van der Waals surface area contributed by atoms with Gasteiger partial charge in [0.1, 0.15) is 5.76 Å². The molecule has 0 unspecified atom stereocenters. The Morgan fingerprint density at radius 3 is 2.80 bits per heavy atom. The number of Topliss-reactive ketones (excluding diaryl/α,β-unsaturated/α-hetero) is 1. The maximum atomic E-state index is 12.0. The van der Waals surface area contributed by atoms with Gasteiger partial charge in [-0.15, -0.1) is 0 Å². The number of nitrogens with zero attached hydrogens (tertiary/aromatic N) is 1. The first kappa shape index (κ1) is 12.6. The van der Waals surface area contributed by atoms with E-state index in [2.05, 4.69) is 10.5 Å². The molecule has 0 radical (unpaired) electrons. The van der Waals surface area contributed by atoms with Gasteiger partial charge in [0.2, 0.25) is 0 Å². The highest BCUT2D eigenvalue weighted by Crippen LogP contribution is 2.40. The van der Waals surface area contributed by atoms with Crippen molar-refractivity contribution in [2.75, 3.05) is 5.32 Å². The summed E-state index contributed by atoms with van der Waals surface area (Å²) in [7, 11) is 0. The topological polar surface area (TPSA) is 72.2 Å². The number of rotatable bonds is 4. The van der Waals surface area contributed by atoms with E-state index in [1.807, 2.05) is 0 Å². The fourth-order valence-electron chi connectivity index (χ4n) is 1.97. The maximum absolute atomic E-state index is 12.0. The number of benzene rings is 1. The van der Waals surface area contributed by atoms with Crippen molar-refractivity contribution in [2.45, 2.75) is 25.7 Å². The van der Waals surface area contributed by atoms with Crippen LogP contribution in [-0.2, 0) is 0 Å². The zero-order valence-electron chi connectivity index (χ0n) is 11.1.